The van der Waals surface area contributed by atoms with Crippen molar-refractivity contribution >= 4 is 0 Å². The molecule has 0 saturated heterocycles. The van der Waals surface area contributed by atoms with Crippen LogP contribution in [0, 0.1) is 0 Å². The molecule has 0 aliphatic heterocycles. The van der Waals surface area contributed by atoms with Gasteiger partial charge in [-0.3, -0.25) is 4.68 Å². The predicted molar refractivity (Wildman–Crippen MR) is 60.8 cm³/mol. The van der Waals surface area contributed by atoms with E-state index in [1.54, 1.807) is 13.3 Å². The Balaban J connectivity index is 2.97. The molecular formula is C11H19N3O. The number of hydrogen-bond donors (Lipinski definition) is 1. The topological polar surface area (TPSA) is 53.1 Å². The lowest BCUT2D eigenvalue weighted by Gasteiger charge is -2.13. The predicted octanol–water partition coefficient (Wildman–Crippen LogP) is 1.88. The van der Waals surface area contributed by atoms with Crippen LogP contribution < -0.4 is 10.5 Å². The van der Waals surface area contributed by atoms with Crippen LogP contribution in [0.2, 0.25) is 0 Å². The maximum absolute atomic E-state index is 6.05. The van der Waals surface area contributed by atoms with Gasteiger partial charge in [0.2, 0.25) is 0 Å². The van der Waals surface area contributed by atoms with E-state index in [-0.39, 0.29) is 6.04 Å². The average molecular weight is 209 g/mol. The number of methoxy groups -OCH3 is 1. The lowest BCUT2D eigenvalue weighted by atomic mass is 10.1. The number of rotatable bonds is 6. The molecule has 4 heteroatoms. The highest BCUT2D eigenvalue weighted by Crippen LogP contribution is 2.25. The summed E-state index contributed by atoms with van der Waals surface area (Å²) >= 11 is 0. The highest BCUT2D eigenvalue weighted by Gasteiger charge is 2.16. The van der Waals surface area contributed by atoms with Crippen LogP contribution in [0.25, 0.3) is 0 Å². The summed E-state index contributed by atoms with van der Waals surface area (Å²) in [5, 5.41) is 4.26. The Morgan fingerprint density at radius 3 is 3.00 bits per heavy atom. The van der Waals surface area contributed by atoms with Gasteiger partial charge in [-0.05, 0) is 12.8 Å². The van der Waals surface area contributed by atoms with E-state index >= 15 is 0 Å². The standard InChI is InChI=1S/C11H19N3O/c1-4-6-9(12)11-10(15-3)8-13-14(11)7-5-2/h4,8-9H,1,5-7,12H2,2-3H3. The largest absolute Gasteiger partial charge is 0.493 e. The van der Waals surface area contributed by atoms with E-state index in [0.717, 1.165) is 30.8 Å². The fourth-order valence-electron chi connectivity index (χ4n) is 1.59. The molecule has 0 fully saturated rings. The van der Waals surface area contributed by atoms with E-state index in [2.05, 4.69) is 18.6 Å². The van der Waals surface area contributed by atoms with Gasteiger partial charge in [0.05, 0.1) is 25.0 Å². The first-order valence-corrected chi connectivity index (χ1v) is 5.20. The van der Waals surface area contributed by atoms with Crippen LogP contribution in [-0.4, -0.2) is 16.9 Å². The zero-order valence-electron chi connectivity index (χ0n) is 9.44. The van der Waals surface area contributed by atoms with Crippen molar-refractivity contribution in [3.05, 3.63) is 24.5 Å². The summed E-state index contributed by atoms with van der Waals surface area (Å²) in [6, 6.07) is -0.0912. The summed E-state index contributed by atoms with van der Waals surface area (Å²) in [7, 11) is 1.64. The third-order valence-electron chi connectivity index (χ3n) is 2.27. The molecule has 0 aliphatic rings. The van der Waals surface area contributed by atoms with Crippen molar-refractivity contribution in [1.82, 2.24) is 9.78 Å². The first-order valence-electron chi connectivity index (χ1n) is 5.20. The van der Waals surface area contributed by atoms with Crippen molar-refractivity contribution in [1.29, 1.82) is 0 Å². The summed E-state index contributed by atoms with van der Waals surface area (Å²) in [6.45, 7) is 6.66. The molecule has 1 heterocycles. The quantitative estimate of drug-likeness (QED) is 0.728. The molecule has 0 bridgehead atoms. The van der Waals surface area contributed by atoms with Crippen molar-refractivity contribution in [2.45, 2.75) is 32.4 Å². The van der Waals surface area contributed by atoms with Crippen LogP contribution in [0.15, 0.2) is 18.9 Å². The van der Waals surface area contributed by atoms with Crippen molar-refractivity contribution < 1.29 is 4.74 Å². The molecule has 1 rings (SSSR count). The Kier molecular flexibility index (Phi) is 4.37. The Hall–Kier alpha value is -1.29. The number of nitrogens with two attached hydrogens (primary N) is 1. The fourth-order valence-corrected chi connectivity index (χ4v) is 1.59. The Labute approximate surface area is 90.7 Å². The summed E-state index contributed by atoms with van der Waals surface area (Å²) in [6.07, 6.45) is 5.28. The maximum Gasteiger partial charge on any atom is 0.161 e. The van der Waals surface area contributed by atoms with Gasteiger partial charge in [-0.1, -0.05) is 13.0 Å². The van der Waals surface area contributed by atoms with Gasteiger partial charge in [-0.25, -0.2) is 0 Å². The molecule has 15 heavy (non-hydrogen) atoms. The van der Waals surface area contributed by atoms with Crippen molar-refractivity contribution in [2.24, 2.45) is 5.73 Å². The van der Waals surface area contributed by atoms with Crippen LogP contribution >= 0.6 is 0 Å². The van der Waals surface area contributed by atoms with Gasteiger partial charge in [0.15, 0.2) is 5.75 Å². The van der Waals surface area contributed by atoms with Crippen molar-refractivity contribution in [2.75, 3.05) is 7.11 Å². The number of nitrogens with zero attached hydrogens (tertiary/aromatic N) is 2. The second-order valence-corrected chi connectivity index (χ2v) is 3.45. The summed E-state index contributed by atoms with van der Waals surface area (Å²) < 4.78 is 7.15. The van der Waals surface area contributed by atoms with E-state index < -0.39 is 0 Å². The number of ether oxygens (including phenoxy) is 1. The van der Waals surface area contributed by atoms with Crippen LogP contribution in [0.5, 0.6) is 5.75 Å². The average Bonchev–Trinajstić information content (AvgIpc) is 2.62. The molecule has 1 atom stereocenters. The first kappa shape index (κ1) is 11.8. The molecular weight excluding hydrogens is 190 g/mol. The van der Waals surface area contributed by atoms with Gasteiger partial charge in [-0.2, -0.15) is 5.10 Å². The lowest BCUT2D eigenvalue weighted by Crippen LogP contribution is -2.16. The molecule has 1 unspecified atom stereocenters. The second kappa shape index (κ2) is 5.56. The van der Waals surface area contributed by atoms with E-state index in [1.807, 2.05) is 10.8 Å². The van der Waals surface area contributed by atoms with Crippen molar-refractivity contribution in [3.8, 4) is 5.75 Å². The summed E-state index contributed by atoms with van der Waals surface area (Å²) in [4.78, 5) is 0. The molecule has 0 spiro atoms. The van der Waals surface area contributed by atoms with E-state index in [0.29, 0.717) is 0 Å². The molecule has 0 amide bonds. The molecule has 1 aromatic rings. The first-order chi connectivity index (χ1) is 7.24. The molecule has 4 nitrogen and oxygen atoms in total. The minimum atomic E-state index is -0.0912. The van der Waals surface area contributed by atoms with Gasteiger partial charge in [0.25, 0.3) is 0 Å². The van der Waals surface area contributed by atoms with Gasteiger partial charge >= 0.3 is 0 Å². The molecule has 0 aromatic carbocycles. The summed E-state index contributed by atoms with van der Waals surface area (Å²) in [5.74, 6) is 0.762. The lowest BCUT2D eigenvalue weighted by molar-refractivity contribution is 0.400. The van der Waals surface area contributed by atoms with E-state index in [4.69, 9.17) is 10.5 Å². The minimum absolute atomic E-state index is 0.0912. The monoisotopic (exact) mass is 209 g/mol. The third-order valence-corrected chi connectivity index (χ3v) is 2.27. The van der Waals surface area contributed by atoms with Gasteiger partial charge in [-0.15, -0.1) is 6.58 Å². The van der Waals surface area contributed by atoms with Crippen LogP contribution in [-0.2, 0) is 6.54 Å². The number of aromatic nitrogens is 2. The van der Waals surface area contributed by atoms with Gasteiger partial charge in [0, 0.05) is 6.54 Å². The van der Waals surface area contributed by atoms with Gasteiger partial charge < -0.3 is 10.5 Å². The highest BCUT2D eigenvalue weighted by atomic mass is 16.5. The zero-order valence-corrected chi connectivity index (χ0v) is 9.44. The number of hydrogen-bond acceptors (Lipinski definition) is 3. The van der Waals surface area contributed by atoms with E-state index in [1.165, 1.54) is 0 Å². The highest BCUT2D eigenvalue weighted by molar-refractivity contribution is 5.28. The smallest absolute Gasteiger partial charge is 0.161 e. The van der Waals surface area contributed by atoms with Crippen LogP contribution in [0.3, 0.4) is 0 Å². The maximum atomic E-state index is 6.05. The Morgan fingerprint density at radius 1 is 1.73 bits per heavy atom. The zero-order chi connectivity index (χ0) is 11.3. The molecule has 0 radical (unpaired) electrons. The Bertz CT molecular complexity index is 320. The van der Waals surface area contributed by atoms with E-state index in [9.17, 15) is 0 Å². The molecule has 0 saturated carbocycles. The molecule has 0 aliphatic carbocycles. The molecule has 2 N–H and O–H groups in total. The minimum Gasteiger partial charge on any atom is -0.493 e. The fraction of sp³-hybridized carbons (Fsp3) is 0.545. The van der Waals surface area contributed by atoms with Crippen LogP contribution in [0.4, 0.5) is 0 Å². The number of aryl methyl sites for hydroxylation is 1. The van der Waals surface area contributed by atoms with Crippen LogP contribution in [0.1, 0.15) is 31.5 Å². The Morgan fingerprint density at radius 2 is 2.47 bits per heavy atom. The van der Waals surface area contributed by atoms with Gasteiger partial charge in [0.1, 0.15) is 0 Å². The molecule has 1 aromatic heterocycles. The third kappa shape index (κ3) is 2.59. The second-order valence-electron chi connectivity index (χ2n) is 3.45. The normalized spacial score (nSPS) is 12.5. The van der Waals surface area contributed by atoms with Crippen molar-refractivity contribution in [3.63, 3.8) is 0 Å². The molecule has 84 valence electrons. The summed E-state index contributed by atoms with van der Waals surface area (Å²) in [5.41, 5.74) is 7.00. The SMILES string of the molecule is C=CCC(N)c1c(OC)cnn1CCC.